The summed E-state index contributed by atoms with van der Waals surface area (Å²) in [5, 5.41) is 9.14. The second kappa shape index (κ2) is 6.14. The third kappa shape index (κ3) is 2.60. The molecular weight excluding hydrogens is 362 g/mol. The first-order valence-corrected chi connectivity index (χ1v) is 8.62. The van der Waals surface area contributed by atoms with E-state index in [-0.39, 0.29) is 0 Å². The zero-order chi connectivity index (χ0) is 16.5. The molecule has 0 aromatic heterocycles. The molecule has 1 aliphatic heterocycles. The third-order valence-corrected chi connectivity index (χ3v) is 4.92. The molecule has 0 saturated heterocycles. The minimum atomic E-state index is 0.669. The Bertz CT molecular complexity index is 943. The van der Waals surface area contributed by atoms with Crippen LogP contribution in [0.3, 0.4) is 0 Å². The maximum atomic E-state index is 9.14. The summed E-state index contributed by atoms with van der Waals surface area (Å²) in [5.41, 5.74) is 5.87. The molecule has 2 aromatic carbocycles. The van der Waals surface area contributed by atoms with Crippen molar-refractivity contribution < 1.29 is 4.74 Å². The predicted molar refractivity (Wildman–Crippen MR) is 98.6 cm³/mol. The number of rotatable bonds is 1. The Hall–Kier alpha value is -2.57. The Morgan fingerprint density at radius 2 is 1.83 bits per heavy atom. The SMILES string of the molecule is N#C/C=C1/OC(c2ccc(Br)cc2)=CC2=C1CCc1ccccc12. The number of aryl methyl sites for hydroxylation is 1. The highest BCUT2D eigenvalue weighted by atomic mass is 79.9. The molecule has 2 nitrogen and oxygen atoms in total. The quantitative estimate of drug-likeness (QED) is 0.605. The summed E-state index contributed by atoms with van der Waals surface area (Å²) in [4.78, 5) is 0. The number of allylic oxidation sites excluding steroid dienone is 4. The number of halogens is 1. The van der Waals surface area contributed by atoms with Crippen LogP contribution in [0.15, 0.2) is 76.5 Å². The number of nitriles is 1. The number of hydrogen-bond acceptors (Lipinski definition) is 2. The molecule has 24 heavy (non-hydrogen) atoms. The zero-order valence-electron chi connectivity index (χ0n) is 12.9. The van der Waals surface area contributed by atoms with E-state index in [4.69, 9.17) is 10.00 Å². The number of ether oxygens (including phenoxy) is 1. The molecule has 116 valence electrons. The highest BCUT2D eigenvalue weighted by Crippen LogP contribution is 2.42. The van der Waals surface area contributed by atoms with Gasteiger partial charge in [0.25, 0.3) is 0 Å². The molecule has 0 fully saturated rings. The summed E-state index contributed by atoms with van der Waals surface area (Å²) in [6.07, 6.45) is 5.48. The fourth-order valence-electron chi connectivity index (χ4n) is 3.25. The lowest BCUT2D eigenvalue weighted by Crippen LogP contribution is -2.11. The van der Waals surface area contributed by atoms with Crippen molar-refractivity contribution >= 4 is 27.3 Å². The van der Waals surface area contributed by atoms with Crippen LogP contribution in [0.25, 0.3) is 11.3 Å². The lowest BCUT2D eigenvalue weighted by molar-refractivity contribution is 0.386. The fraction of sp³-hybridized carbons (Fsp3) is 0.0952. The summed E-state index contributed by atoms with van der Waals surface area (Å²) in [7, 11) is 0. The van der Waals surface area contributed by atoms with Crippen molar-refractivity contribution in [1.82, 2.24) is 0 Å². The molecule has 0 radical (unpaired) electrons. The first kappa shape index (κ1) is 15.0. The van der Waals surface area contributed by atoms with E-state index in [9.17, 15) is 0 Å². The standard InChI is InChI=1S/C21H14BrNO/c22-16-8-5-15(6-9-16)21-13-19-17-4-2-1-3-14(17)7-10-18(19)20(24-21)11-12-23/h1-6,8-9,11,13H,7,10H2/b20-11+. The molecule has 4 rings (SSSR count). The molecule has 0 bridgehead atoms. The van der Waals surface area contributed by atoms with Crippen LogP contribution in [0.2, 0.25) is 0 Å². The zero-order valence-corrected chi connectivity index (χ0v) is 14.5. The molecule has 3 heteroatoms. The lowest BCUT2D eigenvalue weighted by Gasteiger charge is -2.28. The molecule has 0 saturated carbocycles. The molecule has 0 atom stereocenters. The van der Waals surface area contributed by atoms with E-state index >= 15 is 0 Å². The normalized spacial score (nSPS) is 17.5. The van der Waals surface area contributed by atoms with Crippen LogP contribution in [0.4, 0.5) is 0 Å². The first-order valence-electron chi connectivity index (χ1n) is 7.83. The van der Waals surface area contributed by atoms with Gasteiger partial charge in [0.15, 0.2) is 0 Å². The smallest absolute Gasteiger partial charge is 0.141 e. The Morgan fingerprint density at radius 1 is 1.04 bits per heavy atom. The Balaban J connectivity index is 1.89. The van der Waals surface area contributed by atoms with Gasteiger partial charge in [0.1, 0.15) is 11.5 Å². The van der Waals surface area contributed by atoms with Gasteiger partial charge in [-0.3, -0.25) is 0 Å². The second-order valence-corrected chi connectivity index (χ2v) is 6.72. The Kier molecular flexibility index (Phi) is 3.84. The monoisotopic (exact) mass is 375 g/mol. The second-order valence-electron chi connectivity index (χ2n) is 5.80. The molecule has 0 unspecified atom stereocenters. The van der Waals surface area contributed by atoms with Crippen molar-refractivity contribution in [3.05, 3.63) is 93.2 Å². The summed E-state index contributed by atoms with van der Waals surface area (Å²) in [6, 6.07) is 18.6. The van der Waals surface area contributed by atoms with Gasteiger partial charge in [-0.25, -0.2) is 0 Å². The van der Waals surface area contributed by atoms with Gasteiger partial charge in [0, 0.05) is 15.6 Å². The van der Waals surface area contributed by atoms with Gasteiger partial charge in [-0.15, -0.1) is 0 Å². The van der Waals surface area contributed by atoms with Gasteiger partial charge in [-0.05, 0) is 47.8 Å². The van der Waals surface area contributed by atoms with Crippen molar-refractivity contribution in [3.8, 4) is 6.07 Å². The summed E-state index contributed by atoms with van der Waals surface area (Å²) in [5.74, 6) is 1.45. The van der Waals surface area contributed by atoms with Crippen molar-refractivity contribution in [2.75, 3.05) is 0 Å². The van der Waals surface area contributed by atoms with Gasteiger partial charge in [0.2, 0.25) is 0 Å². The first-order chi connectivity index (χ1) is 11.8. The van der Waals surface area contributed by atoms with E-state index in [1.807, 2.05) is 24.3 Å². The molecular formula is C21H14BrNO. The molecule has 1 heterocycles. The summed E-state index contributed by atoms with van der Waals surface area (Å²) < 4.78 is 7.09. The van der Waals surface area contributed by atoms with Gasteiger partial charge in [-0.1, -0.05) is 52.3 Å². The van der Waals surface area contributed by atoms with Gasteiger partial charge in [-0.2, -0.15) is 5.26 Å². The summed E-state index contributed by atoms with van der Waals surface area (Å²) >= 11 is 3.46. The topological polar surface area (TPSA) is 33.0 Å². The molecule has 2 aromatic rings. The van der Waals surface area contributed by atoms with Crippen LogP contribution in [-0.4, -0.2) is 0 Å². The van der Waals surface area contributed by atoms with Crippen molar-refractivity contribution in [3.63, 3.8) is 0 Å². The Labute approximate surface area is 149 Å². The van der Waals surface area contributed by atoms with E-state index < -0.39 is 0 Å². The average Bonchev–Trinajstić information content (AvgIpc) is 2.62. The van der Waals surface area contributed by atoms with E-state index in [0.717, 1.165) is 34.2 Å². The number of hydrogen-bond donors (Lipinski definition) is 0. The van der Waals surface area contributed by atoms with Crippen LogP contribution in [0.1, 0.15) is 23.1 Å². The van der Waals surface area contributed by atoms with Crippen LogP contribution in [0, 0.1) is 11.3 Å². The number of nitrogens with zero attached hydrogens (tertiary/aromatic N) is 1. The van der Waals surface area contributed by atoms with Crippen LogP contribution >= 0.6 is 15.9 Å². The molecule has 2 aliphatic rings. The van der Waals surface area contributed by atoms with Gasteiger partial charge >= 0.3 is 0 Å². The van der Waals surface area contributed by atoms with Crippen molar-refractivity contribution in [2.45, 2.75) is 12.8 Å². The van der Waals surface area contributed by atoms with Crippen LogP contribution in [-0.2, 0) is 11.2 Å². The van der Waals surface area contributed by atoms with Crippen molar-refractivity contribution in [2.24, 2.45) is 0 Å². The van der Waals surface area contributed by atoms with Gasteiger partial charge < -0.3 is 4.74 Å². The summed E-state index contributed by atoms with van der Waals surface area (Å²) in [6.45, 7) is 0. The molecule has 0 amide bonds. The minimum absolute atomic E-state index is 0.669. The highest BCUT2D eigenvalue weighted by Gasteiger charge is 2.26. The largest absolute Gasteiger partial charge is 0.456 e. The van der Waals surface area contributed by atoms with Gasteiger partial charge in [0.05, 0.1) is 12.1 Å². The van der Waals surface area contributed by atoms with Crippen molar-refractivity contribution in [1.29, 1.82) is 5.26 Å². The van der Waals surface area contributed by atoms with Crippen LogP contribution in [0.5, 0.6) is 0 Å². The third-order valence-electron chi connectivity index (χ3n) is 4.39. The highest BCUT2D eigenvalue weighted by molar-refractivity contribution is 9.10. The molecule has 0 spiro atoms. The number of benzene rings is 2. The maximum Gasteiger partial charge on any atom is 0.141 e. The fourth-order valence-corrected chi connectivity index (χ4v) is 3.52. The van der Waals surface area contributed by atoms with E-state index in [2.05, 4.69) is 52.3 Å². The molecule has 1 aliphatic carbocycles. The average molecular weight is 376 g/mol. The predicted octanol–water partition coefficient (Wildman–Crippen LogP) is 5.63. The Morgan fingerprint density at radius 3 is 2.62 bits per heavy atom. The molecule has 0 N–H and O–H groups in total. The maximum absolute atomic E-state index is 9.14. The number of fused-ring (bicyclic) bond motifs is 2. The van der Waals surface area contributed by atoms with E-state index in [1.165, 1.54) is 22.8 Å². The van der Waals surface area contributed by atoms with E-state index in [1.54, 1.807) is 0 Å². The van der Waals surface area contributed by atoms with Crippen LogP contribution < -0.4 is 0 Å². The minimum Gasteiger partial charge on any atom is -0.456 e. The lowest BCUT2D eigenvalue weighted by atomic mass is 9.83. The van der Waals surface area contributed by atoms with E-state index in [0.29, 0.717) is 5.76 Å².